The van der Waals surface area contributed by atoms with Gasteiger partial charge < -0.3 is 10.2 Å². The van der Waals surface area contributed by atoms with Gasteiger partial charge in [0.15, 0.2) is 5.78 Å². The Bertz CT molecular complexity index is 925. The number of thiophene rings is 1. The van der Waals surface area contributed by atoms with Crippen molar-refractivity contribution in [1.29, 1.82) is 0 Å². The first-order valence-corrected chi connectivity index (χ1v) is 10.6. The number of Topliss-reactive ketones (excluding diaryl/α,β-unsaturated/α-hetero) is 1. The lowest BCUT2D eigenvalue weighted by molar-refractivity contribution is -0.116. The quantitative estimate of drug-likeness (QED) is 0.696. The van der Waals surface area contributed by atoms with Crippen molar-refractivity contribution in [1.82, 2.24) is 4.90 Å². The summed E-state index contributed by atoms with van der Waals surface area (Å²) in [6.07, 6.45) is 2.94. The van der Waals surface area contributed by atoms with E-state index in [9.17, 15) is 18.8 Å². The molecular weight excluding hydrogens is 391 g/mol. The minimum absolute atomic E-state index is 0.0343. The number of hydrogen-bond donors (Lipinski definition) is 1. The van der Waals surface area contributed by atoms with Crippen LogP contribution in [0.4, 0.5) is 10.1 Å². The maximum atomic E-state index is 13.2. The van der Waals surface area contributed by atoms with Gasteiger partial charge in [-0.25, -0.2) is 4.39 Å². The van der Waals surface area contributed by atoms with Crippen LogP contribution in [-0.2, 0) is 4.79 Å². The molecular formula is C22H25FN2O3S. The number of piperidine rings is 1. The van der Waals surface area contributed by atoms with Crippen LogP contribution in [0.2, 0.25) is 0 Å². The number of carbonyl (C=O) groups excluding carboxylic acids is 3. The number of carbonyl (C=O) groups is 3. The summed E-state index contributed by atoms with van der Waals surface area (Å²) in [5.74, 6) is -0.243. The van der Waals surface area contributed by atoms with Crippen LogP contribution in [0.5, 0.6) is 0 Å². The van der Waals surface area contributed by atoms with Crippen molar-refractivity contribution < 1.29 is 18.8 Å². The number of nitrogens with one attached hydrogen (secondary N) is 1. The van der Waals surface area contributed by atoms with Gasteiger partial charge in [-0.3, -0.25) is 14.4 Å². The van der Waals surface area contributed by atoms with E-state index in [1.54, 1.807) is 25.1 Å². The standard InChI is InChI=1S/C22H25FN2O3S/c1-14-12-17(23)6-7-18(14)24-21(27)10-5-16-4-3-11-25(13-16)22(28)20-9-8-19(29-20)15(2)26/h6-9,12,16H,3-5,10-11,13H2,1-2H3,(H,24,27)/t16-/m0/s1. The molecule has 1 fully saturated rings. The van der Waals surface area contributed by atoms with Gasteiger partial charge in [-0.15, -0.1) is 11.3 Å². The molecule has 1 atom stereocenters. The molecule has 1 saturated heterocycles. The third-order valence-electron chi connectivity index (χ3n) is 5.21. The highest BCUT2D eigenvalue weighted by atomic mass is 32.1. The Labute approximate surface area is 173 Å². The second-order valence-corrected chi connectivity index (χ2v) is 8.61. The molecule has 2 aromatic rings. The van der Waals surface area contributed by atoms with Gasteiger partial charge in [-0.05, 0) is 74.9 Å². The highest BCUT2D eigenvalue weighted by molar-refractivity contribution is 7.15. The van der Waals surface area contributed by atoms with Crippen LogP contribution >= 0.6 is 11.3 Å². The summed E-state index contributed by atoms with van der Waals surface area (Å²) in [4.78, 5) is 39.5. The smallest absolute Gasteiger partial charge is 0.263 e. The number of ketones is 1. The molecule has 0 saturated carbocycles. The average molecular weight is 417 g/mol. The SMILES string of the molecule is CC(=O)c1ccc(C(=O)N2CCC[C@@H](CCC(=O)Nc3ccc(F)cc3C)C2)s1. The maximum Gasteiger partial charge on any atom is 0.263 e. The van der Waals surface area contributed by atoms with E-state index < -0.39 is 0 Å². The van der Waals surface area contributed by atoms with Crippen LogP contribution in [0.3, 0.4) is 0 Å². The molecule has 3 rings (SSSR count). The number of rotatable bonds is 6. The molecule has 2 heterocycles. The molecule has 1 aliphatic rings. The summed E-state index contributed by atoms with van der Waals surface area (Å²) < 4.78 is 13.2. The van der Waals surface area contributed by atoms with E-state index in [4.69, 9.17) is 0 Å². The number of hydrogen-bond acceptors (Lipinski definition) is 4. The fourth-order valence-electron chi connectivity index (χ4n) is 3.60. The summed E-state index contributed by atoms with van der Waals surface area (Å²) >= 11 is 1.23. The van der Waals surface area contributed by atoms with Gasteiger partial charge in [-0.1, -0.05) is 0 Å². The minimum atomic E-state index is -0.325. The van der Waals surface area contributed by atoms with E-state index in [2.05, 4.69) is 5.32 Å². The van der Waals surface area contributed by atoms with E-state index >= 15 is 0 Å². The predicted octanol–water partition coefficient (Wildman–Crippen LogP) is 4.67. The van der Waals surface area contributed by atoms with Gasteiger partial charge in [0.05, 0.1) is 9.75 Å². The Balaban J connectivity index is 1.52. The third-order valence-corrected chi connectivity index (χ3v) is 6.39. The molecule has 154 valence electrons. The van der Waals surface area contributed by atoms with Crippen molar-refractivity contribution in [3.8, 4) is 0 Å². The van der Waals surface area contributed by atoms with Crippen LogP contribution in [0.1, 0.15) is 57.5 Å². The van der Waals surface area contributed by atoms with Crippen LogP contribution in [-0.4, -0.2) is 35.6 Å². The van der Waals surface area contributed by atoms with Gasteiger partial charge in [0.2, 0.25) is 5.91 Å². The Hall–Kier alpha value is -2.54. The molecule has 0 radical (unpaired) electrons. The first-order chi connectivity index (χ1) is 13.8. The molecule has 7 heteroatoms. The highest BCUT2D eigenvalue weighted by Gasteiger charge is 2.26. The van der Waals surface area contributed by atoms with E-state index in [-0.39, 0.29) is 29.3 Å². The highest BCUT2D eigenvalue weighted by Crippen LogP contribution is 2.25. The molecule has 0 bridgehead atoms. The predicted molar refractivity (Wildman–Crippen MR) is 112 cm³/mol. The molecule has 1 N–H and O–H groups in total. The average Bonchev–Trinajstić information content (AvgIpc) is 3.19. The third kappa shape index (κ3) is 5.50. The molecule has 2 amide bonds. The van der Waals surface area contributed by atoms with Crippen LogP contribution in [0.15, 0.2) is 30.3 Å². The number of anilines is 1. The van der Waals surface area contributed by atoms with Gasteiger partial charge in [0, 0.05) is 25.2 Å². The zero-order chi connectivity index (χ0) is 21.0. The van der Waals surface area contributed by atoms with E-state index in [0.717, 1.165) is 12.8 Å². The number of aryl methyl sites for hydroxylation is 1. The summed E-state index contributed by atoms with van der Waals surface area (Å²) in [7, 11) is 0. The summed E-state index contributed by atoms with van der Waals surface area (Å²) in [5.41, 5.74) is 1.31. The Morgan fingerprint density at radius 3 is 2.66 bits per heavy atom. The summed E-state index contributed by atoms with van der Waals surface area (Å²) in [6, 6.07) is 7.70. The minimum Gasteiger partial charge on any atom is -0.338 e. The number of likely N-dealkylation sites (tertiary alicyclic amines) is 1. The number of halogens is 1. The fourth-order valence-corrected chi connectivity index (χ4v) is 4.47. The zero-order valence-electron chi connectivity index (χ0n) is 16.7. The van der Waals surface area contributed by atoms with Crippen molar-refractivity contribution in [3.05, 3.63) is 51.5 Å². The van der Waals surface area contributed by atoms with Crippen LogP contribution in [0.25, 0.3) is 0 Å². The largest absolute Gasteiger partial charge is 0.338 e. The lowest BCUT2D eigenvalue weighted by Crippen LogP contribution is -2.39. The van der Waals surface area contributed by atoms with Crippen molar-refractivity contribution in [2.24, 2.45) is 5.92 Å². The molecule has 29 heavy (non-hydrogen) atoms. The van der Waals surface area contributed by atoms with Gasteiger partial charge in [0.1, 0.15) is 5.82 Å². The maximum absolute atomic E-state index is 13.2. The molecule has 1 aromatic heterocycles. The first kappa shape index (κ1) is 21.2. The van der Waals surface area contributed by atoms with Crippen molar-refractivity contribution in [2.75, 3.05) is 18.4 Å². The van der Waals surface area contributed by atoms with E-state index in [1.807, 2.05) is 4.90 Å². The molecule has 0 aliphatic carbocycles. The lowest BCUT2D eigenvalue weighted by Gasteiger charge is -2.32. The van der Waals surface area contributed by atoms with Gasteiger partial charge in [-0.2, -0.15) is 0 Å². The van der Waals surface area contributed by atoms with E-state index in [0.29, 0.717) is 46.9 Å². The second kappa shape index (κ2) is 9.31. The Morgan fingerprint density at radius 1 is 1.21 bits per heavy atom. The normalized spacial score (nSPS) is 16.5. The van der Waals surface area contributed by atoms with Gasteiger partial charge in [0.25, 0.3) is 5.91 Å². The second-order valence-electron chi connectivity index (χ2n) is 7.53. The molecule has 0 unspecified atom stereocenters. The van der Waals surface area contributed by atoms with Gasteiger partial charge >= 0.3 is 0 Å². The van der Waals surface area contributed by atoms with Crippen molar-refractivity contribution >= 4 is 34.6 Å². The Morgan fingerprint density at radius 2 is 1.97 bits per heavy atom. The van der Waals surface area contributed by atoms with Crippen molar-refractivity contribution in [3.63, 3.8) is 0 Å². The first-order valence-electron chi connectivity index (χ1n) is 9.79. The number of amides is 2. The molecule has 5 nitrogen and oxygen atoms in total. The summed E-state index contributed by atoms with van der Waals surface area (Å²) in [5, 5.41) is 2.83. The Kier molecular flexibility index (Phi) is 6.79. The summed E-state index contributed by atoms with van der Waals surface area (Å²) in [6.45, 7) is 4.57. The molecule has 1 aliphatic heterocycles. The fraction of sp³-hybridized carbons (Fsp3) is 0.409. The van der Waals surface area contributed by atoms with E-state index in [1.165, 1.54) is 30.4 Å². The lowest BCUT2D eigenvalue weighted by atomic mass is 9.93. The topological polar surface area (TPSA) is 66.5 Å². The van der Waals surface area contributed by atoms with Crippen LogP contribution < -0.4 is 5.32 Å². The van der Waals surface area contributed by atoms with Crippen molar-refractivity contribution in [2.45, 2.75) is 39.5 Å². The zero-order valence-corrected chi connectivity index (χ0v) is 17.5. The molecule has 1 aromatic carbocycles. The molecule has 0 spiro atoms. The monoisotopic (exact) mass is 416 g/mol. The van der Waals surface area contributed by atoms with Crippen LogP contribution in [0, 0.1) is 18.7 Å². The number of nitrogens with zero attached hydrogens (tertiary/aromatic N) is 1. The number of benzene rings is 1.